The number of hydrogen-bond acceptors (Lipinski definition) is 6. The number of H-pyrrole nitrogens is 1. The van der Waals surface area contributed by atoms with Gasteiger partial charge in [-0.2, -0.15) is 0 Å². The molecule has 0 spiro atoms. The third-order valence-corrected chi connectivity index (χ3v) is 5.05. The van der Waals surface area contributed by atoms with Crippen LogP contribution in [0.1, 0.15) is 11.1 Å². The largest absolute Gasteiger partial charge is 0.336 e. The molecule has 0 aliphatic rings. The lowest BCUT2D eigenvalue weighted by atomic mass is 10.1. The fourth-order valence-corrected chi connectivity index (χ4v) is 3.29. The lowest BCUT2D eigenvalue weighted by molar-refractivity contribution is -0.131. The maximum Gasteiger partial charge on any atom is 0.243 e. The molecule has 3 rings (SSSR count). The third kappa shape index (κ3) is 5.64. The van der Waals surface area contributed by atoms with E-state index in [9.17, 15) is 9.59 Å². The van der Waals surface area contributed by atoms with Gasteiger partial charge in [-0.05, 0) is 43.2 Å². The Labute approximate surface area is 173 Å². The maximum atomic E-state index is 12.4. The van der Waals surface area contributed by atoms with Gasteiger partial charge in [0.15, 0.2) is 5.82 Å². The number of pyridine rings is 1. The number of hydrogen-bond donors (Lipinski definition) is 2. The second-order valence-electron chi connectivity index (χ2n) is 6.61. The summed E-state index contributed by atoms with van der Waals surface area (Å²) in [4.78, 5) is 34.4. The summed E-state index contributed by atoms with van der Waals surface area (Å²) in [5.74, 6) is 0.336. The summed E-state index contributed by atoms with van der Waals surface area (Å²) < 4.78 is 0. The van der Waals surface area contributed by atoms with Crippen molar-refractivity contribution in [3.05, 3.63) is 53.9 Å². The number of aromatic nitrogens is 4. The molecule has 0 atom stereocenters. The summed E-state index contributed by atoms with van der Waals surface area (Å²) in [6.07, 6.45) is 3.35. The maximum absolute atomic E-state index is 12.4. The topological polar surface area (TPSA) is 104 Å². The lowest BCUT2D eigenvalue weighted by Crippen LogP contribution is -2.36. The van der Waals surface area contributed by atoms with E-state index in [2.05, 4.69) is 25.5 Å². The van der Waals surface area contributed by atoms with E-state index in [1.807, 2.05) is 44.2 Å². The van der Waals surface area contributed by atoms with Gasteiger partial charge in [0.2, 0.25) is 17.0 Å². The molecule has 2 heterocycles. The predicted molar refractivity (Wildman–Crippen MR) is 113 cm³/mol. The van der Waals surface area contributed by atoms with Gasteiger partial charge in [-0.1, -0.05) is 23.9 Å². The summed E-state index contributed by atoms with van der Waals surface area (Å²) >= 11 is 1.22. The van der Waals surface area contributed by atoms with Gasteiger partial charge in [0.1, 0.15) is 0 Å². The minimum Gasteiger partial charge on any atom is -0.336 e. The molecule has 9 heteroatoms. The first-order valence-corrected chi connectivity index (χ1v) is 9.97. The molecular weight excluding hydrogens is 388 g/mol. The Morgan fingerprint density at radius 1 is 1.17 bits per heavy atom. The second-order valence-corrected chi connectivity index (χ2v) is 7.55. The van der Waals surface area contributed by atoms with Crippen molar-refractivity contribution in [2.45, 2.75) is 19.0 Å². The number of carbonyl (C=O) groups is 2. The monoisotopic (exact) mass is 410 g/mol. The molecule has 0 unspecified atom stereocenters. The van der Waals surface area contributed by atoms with E-state index in [1.54, 1.807) is 19.4 Å². The summed E-state index contributed by atoms with van der Waals surface area (Å²) in [7, 11) is 1.60. The highest BCUT2D eigenvalue weighted by Gasteiger charge is 2.15. The molecule has 0 aliphatic carbocycles. The zero-order valence-electron chi connectivity index (χ0n) is 16.5. The van der Waals surface area contributed by atoms with Gasteiger partial charge in [-0.15, -0.1) is 5.10 Å². The van der Waals surface area contributed by atoms with Gasteiger partial charge in [-0.25, -0.2) is 4.98 Å². The quantitative estimate of drug-likeness (QED) is 0.581. The van der Waals surface area contributed by atoms with Gasteiger partial charge >= 0.3 is 0 Å². The number of rotatable bonds is 7. The number of benzene rings is 1. The van der Waals surface area contributed by atoms with Crippen molar-refractivity contribution >= 4 is 29.3 Å². The van der Waals surface area contributed by atoms with Crippen LogP contribution in [0.2, 0.25) is 0 Å². The Bertz CT molecular complexity index is 1010. The number of amides is 2. The highest BCUT2D eigenvalue weighted by atomic mass is 32.2. The van der Waals surface area contributed by atoms with Crippen molar-refractivity contribution < 1.29 is 9.59 Å². The van der Waals surface area contributed by atoms with Crippen molar-refractivity contribution in [2.24, 2.45) is 0 Å². The van der Waals surface area contributed by atoms with E-state index in [0.29, 0.717) is 11.0 Å². The summed E-state index contributed by atoms with van der Waals surface area (Å²) in [5.41, 5.74) is 3.66. The Hall–Kier alpha value is -3.20. The number of thioether (sulfide) groups is 1. The number of nitrogens with one attached hydrogen (secondary N) is 2. The SMILES string of the molecule is Cc1ccc(C)c(NC(=O)CN(C)C(=O)CSc2n[nH]c(-c3ccncc3)n2)c1. The van der Waals surface area contributed by atoms with E-state index < -0.39 is 0 Å². The van der Waals surface area contributed by atoms with Gasteiger partial charge in [0.25, 0.3) is 0 Å². The Morgan fingerprint density at radius 2 is 1.93 bits per heavy atom. The first-order chi connectivity index (χ1) is 13.9. The number of nitrogens with zero attached hydrogens (tertiary/aromatic N) is 4. The van der Waals surface area contributed by atoms with Crippen LogP contribution >= 0.6 is 11.8 Å². The Balaban J connectivity index is 1.50. The van der Waals surface area contributed by atoms with Crippen LogP contribution in [0.3, 0.4) is 0 Å². The van der Waals surface area contributed by atoms with Crippen molar-refractivity contribution in [3.63, 3.8) is 0 Å². The van der Waals surface area contributed by atoms with Crippen LogP contribution in [0.5, 0.6) is 0 Å². The smallest absolute Gasteiger partial charge is 0.243 e. The van der Waals surface area contributed by atoms with E-state index in [-0.39, 0.29) is 24.1 Å². The van der Waals surface area contributed by atoms with E-state index in [1.165, 1.54) is 16.7 Å². The average Bonchev–Trinajstić information content (AvgIpc) is 3.18. The van der Waals surface area contributed by atoms with Crippen LogP contribution in [0, 0.1) is 13.8 Å². The molecular formula is C20H22N6O2S. The van der Waals surface area contributed by atoms with Crippen molar-refractivity contribution in [1.82, 2.24) is 25.1 Å². The molecule has 150 valence electrons. The molecule has 8 nitrogen and oxygen atoms in total. The Kier molecular flexibility index (Phi) is 6.61. The minimum atomic E-state index is -0.239. The van der Waals surface area contributed by atoms with Gasteiger partial charge in [0.05, 0.1) is 12.3 Å². The second kappa shape index (κ2) is 9.33. The van der Waals surface area contributed by atoms with Crippen LogP contribution in [0.15, 0.2) is 47.9 Å². The predicted octanol–water partition coefficient (Wildman–Crippen LogP) is 2.67. The van der Waals surface area contributed by atoms with Gasteiger partial charge < -0.3 is 10.2 Å². The van der Waals surface area contributed by atoms with Crippen LogP contribution < -0.4 is 5.32 Å². The third-order valence-electron chi connectivity index (χ3n) is 4.22. The molecule has 2 amide bonds. The van der Waals surface area contributed by atoms with E-state index in [4.69, 9.17) is 0 Å². The van der Waals surface area contributed by atoms with Crippen molar-refractivity contribution in [2.75, 3.05) is 24.7 Å². The molecule has 0 aliphatic heterocycles. The lowest BCUT2D eigenvalue weighted by Gasteiger charge is -2.17. The standard InChI is InChI=1S/C20H22N6O2S/c1-13-4-5-14(2)16(10-13)22-17(27)11-26(3)18(28)12-29-20-23-19(24-25-20)15-6-8-21-9-7-15/h4-10H,11-12H2,1-3H3,(H,22,27)(H,23,24,25). The first-order valence-electron chi connectivity index (χ1n) is 8.99. The van der Waals surface area contributed by atoms with Gasteiger partial charge in [-0.3, -0.25) is 19.7 Å². The normalized spacial score (nSPS) is 10.6. The van der Waals surface area contributed by atoms with E-state index >= 15 is 0 Å². The van der Waals surface area contributed by atoms with Crippen LogP contribution in [-0.4, -0.2) is 56.2 Å². The molecule has 0 saturated heterocycles. The number of aromatic amines is 1. The Morgan fingerprint density at radius 3 is 2.69 bits per heavy atom. The fraction of sp³-hybridized carbons (Fsp3) is 0.250. The molecule has 1 aromatic carbocycles. The molecule has 2 aromatic heterocycles. The molecule has 29 heavy (non-hydrogen) atoms. The summed E-state index contributed by atoms with van der Waals surface area (Å²) in [5, 5.41) is 10.3. The zero-order chi connectivity index (χ0) is 20.8. The number of aryl methyl sites for hydroxylation is 2. The molecule has 0 saturated carbocycles. The highest BCUT2D eigenvalue weighted by molar-refractivity contribution is 7.99. The van der Waals surface area contributed by atoms with E-state index in [0.717, 1.165) is 22.4 Å². The number of carbonyl (C=O) groups excluding carboxylic acids is 2. The molecule has 2 N–H and O–H groups in total. The highest BCUT2D eigenvalue weighted by Crippen LogP contribution is 2.19. The van der Waals surface area contributed by atoms with Gasteiger partial charge in [0, 0.05) is 30.7 Å². The summed E-state index contributed by atoms with van der Waals surface area (Å²) in [6.45, 7) is 3.87. The minimum absolute atomic E-state index is 0.0248. The zero-order valence-corrected chi connectivity index (χ0v) is 17.3. The first kappa shape index (κ1) is 20.5. The molecule has 0 radical (unpaired) electrons. The average molecular weight is 411 g/mol. The van der Waals surface area contributed by atoms with Crippen molar-refractivity contribution in [3.8, 4) is 11.4 Å². The van der Waals surface area contributed by atoms with Crippen LogP contribution in [0.4, 0.5) is 5.69 Å². The molecule has 0 bridgehead atoms. The number of likely N-dealkylation sites (N-methyl/N-ethyl adjacent to an activating group) is 1. The molecule has 3 aromatic rings. The fourth-order valence-electron chi connectivity index (χ4n) is 2.55. The molecule has 0 fully saturated rings. The summed E-state index contributed by atoms with van der Waals surface area (Å²) in [6, 6.07) is 9.49. The van der Waals surface area contributed by atoms with Crippen LogP contribution in [-0.2, 0) is 9.59 Å². The van der Waals surface area contributed by atoms with Crippen LogP contribution in [0.25, 0.3) is 11.4 Å². The number of anilines is 1. The van der Waals surface area contributed by atoms with Crippen molar-refractivity contribution in [1.29, 1.82) is 0 Å².